The monoisotopic (exact) mass is 210 g/mol. The molecule has 0 bridgehead atoms. The summed E-state index contributed by atoms with van der Waals surface area (Å²) in [6.07, 6.45) is 8.56. The topological polar surface area (TPSA) is 17.1 Å². The zero-order chi connectivity index (χ0) is 11.9. The van der Waals surface area contributed by atoms with Crippen LogP contribution in [0, 0.1) is 11.3 Å². The first-order valence-corrected chi connectivity index (χ1v) is 5.98. The Hall–Kier alpha value is -0.590. The van der Waals surface area contributed by atoms with Crippen molar-refractivity contribution in [2.24, 2.45) is 11.3 Å². The fourth-order valence-electron chi connectivity index (χ4n) is 1.57. The van der Waals surface area contributed by atoms with Crippen LogP contribution >= 0.6 is 0 Å². The largest absolute Gasteiger partial charge is 0.295 e. The molecule has 1 unspecified atom stereocenters. The summed E-state index contributed by atoms with van der Waals surface area (Å²) in [6.45, 7) is 10.7. The second-order valence-corrected chi connectivity index (χ2v) is 5.81. The lowest BCUT2D eigenvalue weighted by molar-refractivity contribution is -0.112. The van der Waals surface area contributed by atoms with Gasteiger partial charge in [0.2, 0.25) is 0 Å². The lowest BCUT2D eigenvalue weighted by Gasteiger charge is -2.18. The highest BCUT2D eigenvalue weighted by atomic mass is 16.1. The summed E-state index contributed by atoms with van der Waals surface area (Å²) in [6, 6.07) is 0. The second-order valence-electron chi connectivity index (χ2n) is 5.81. The van der Waals surface area contributed by atoms with E-state index in [0.717, 1.165) is 6.42 Å². The van der Waals surface area contributed by atoms with Crippen molar-refractivity contribution in [3.63, 3.8) is 0 Å². The third-order valence-corrected chi connectivity index (χ3v) is 2.51. The van der Waals surface area contributed by atoms with E-state index in [9.17, 15) is 4.79 Å². The summed E-state index contributed by atoms with van der Waals surface area (Å²) in [7, 11) is 0. The average molecular weight is 210 g/mol. The van der Waals surface area contributed by atoms with Gasteiger partial charge in [0.15, 0.2) is 5.78 Å². The molecular formula is C14H26O. The van der Waals surface area contributed by atoms with E-state index in [1.165, 1.54) is 19.3 Å². The summed E-state index contributed by atoms with van der Waals surface area (Å²) in [4.78, 5) is 10.7. The molecule has 0 spiro atoms. The average Bonchev–Trinajstić information content (AvgIpc) is 2.00. The maximum atomic E-state index is 10.7. The van der Waals surface area contributed by atoms with Gasteiger partial charge in [0.05, 0.1) is 0 Å². The highest BCUT2D eigenvalue weighted by molar-refractivity contribution is 5.87. The van der Waals surface area contributed by atoms with Crippen molar-refractivity contribution < 1.29 is 4.79 Å². The standard InChI is InChI=1S/C14H26O/c1-12(8-6-10-13(2)15)9-7-11-14(3,4)5/h6,10,12H,7-9,11H2,1-5H3/b10-6+. The van der Waals surface area contributed by atoms with Gasteiger partial charge in [-0.1, -0.05) is 46.6 Å². The van der Waals surface area contributed by atoms with E-state index in [4.69, 9.17) is 0 Å². The van der Waals surface area contributed by atoms with Gasteiger partial charge in [-0.3, -0.25) is 4.79 Å². The molecule has 0 rings (SSSR count). The van der Waals surface area contributed by atoms with Crippen LogP contribution in [-0.2, 0) is 4.79 Å². The molecule has 0 saturated carbocycles. The van der Waals surface area contributed by atoms with E-state index < -0.39 is 0 Å². The first-order valence-electron chi connectivity index (χ1n) is 5.98. The summed E-state index contributed by atoms with van der Waals surface area (Å²) >= 11 is 0. The van der Waals surface area contributed by atoms with Gasteiger partial charge in [-0.05, 0) is 37.2 Å². The molecule has 88 valence electrons. The lowest BCUT2D eigenvalue weighted by Crippen LogP contribution is -2.05. The lowest BCUT2D eigenvalue weighted by atomic mass is 9.87. The van der Waals surface area contributed by atoms with Gasteiger partial charge in [0.1, 0.15) is 0 Å². The predicted octanol–water partition coefficient (Wildman–Crippen LogP) is 4.37. The van der Waals surface area contributed by atoms with Crippen molar-refractivity contribution in [3.8, 4) is 0 Å². The van der Waals surface area contributed by atoms with Gasteiger partial charge < -0.3 is 0 Å². The highest BCUT2D eigenvalue weighted by Crippen LogP contribution is 2.24. The fourth-order valence-corrected chi connectivity index (χ4v) is 1.57. The molecule has 0 radical (unpaired) electrons. The molecule has 0 aliphatic rings. The molecule has 0 aromatic carbocycles. The van der Waals surface area contributed by atoms with Crippen molar-refractivity contribution >= 4 is 5.78 Å². The minimum atomic E-state index is 0.150. The molecular weight excluding hydrogens is 184 g/mol. The van der Waals surface area contributed by atoms with Crippen molar-refractivity contribution in [2.45, 2.75) is 60.3 Å². The summed E-state index contributed by atoms with van der Waals surface area (Å²) in [5, 5.41) is 0. The van der Waals surface area contributed by atoms with E-state index in [-0.39, 0.29) is 5.78 Å². The van der Waals surface area contributed by atoms with Crippen LogP contribution in [0.25, 0.3) is 0 Å². The van der Waals surface area contributed by atoms with Gasteiger partial charge in [0, 0.05) is 0 Å². The Morgan fingerprint density at radius 1 is 1.33 bits per heavy atom. The van der Waals surface area contributed by atoms with Crippen molar-refractivity contribution in [1.29, 1.82) is 0 Å². The van der Waals surface area contributed by atoms with Crippen LogP contribution in [0.1, 0.15) is 60.3 Å². The van der Waals surface area contributed by atoms with Crippen molar-refractivity contribution in [1.82, 2.24) is 0 Å². The van der Waals surface area contributed by atoms with Gasteiger partial charge in [-0.15, -0.1) is 0 Å². The van der Waals surface area contributed by atoms with Crippen molar-refractivity contribution in [2.75, 3.05) is 0 Å². The maximum absolute atomic E-state index is 10.7. The molecule has 0 saturated heterocycles. The number of hydrogen-bond donors (Lipinski definition) is 0. The van der Waals surface area contributed by atoms with Gasteiger partial charge in [0.25, 0.3) is 0 Å². The summed E-state index contributed by atoms with van der Waals surface area (Å²) in [5.74, 6) is 0.847. The Morgan fingerprint density at radius 2 is 1.93 bits per heavy atom. The molecule has 0 aliphatic heterocycles. The zero-order valence-corrected chi connectivity index (χ0v) is 11.0. The Bertz CT molecular complexity index is 208. The smallest absolute Gasteiger partial charge is 0.152 e. The molecule has 0 aromatic rings. The molecule has 0 fully saturated rings. The van der Waals surface area contributed by atoms with Crippen LogP contribution in [0.5, 0.6) is 0 Å². The van der Waals surface area contributed by atoms with Gasteiger partial charge in [-0.25, -0.2) is 0 Å². The zero-order valence-electron chi connectivity index (χ0n) is 11.0. The van der Waals surface area contributed by atoms with Crippen LogP contribution in [0.4, 0.5) is 0 Å². The normalized spacial score (nSPS) is 14.5. The number of carbonyl (C=O) groups is 1. The minimum Gasteiger partial charge on any atom is -0.295 e. The van der Waals surface area contributed by atoms with E-state index in [2.05, 4.69) is 27.7 Å². The molecule has 0 aromatic heterocycles. The number of carbonyl (C=O) groups excluding carboxylic acids is 1. The van der Waals surface area contributed by atoms with E-state index in [1.807, 2.05) is 6.08 Å². The van der Waals surface area contributed by atoms with Crippen LogP contribution < -0.4 is 0 Å². The quantitative estimate of drug-likeness (QED) is 0.595. The Morgan fingerprint density at radius 3 is 2.40 bits per heavy atom. The molecule has 1 nitrogen and oxygen atoms in total. The van der Waals surface area contributed by atoms with Gasteiger partial charge >= 0.3 is 0 Å². The SMILES string of the molecule is CC(=O)/C=C/CC(C)CCCC(C)(C)C. The molecule has 0 aliphatic carbocycles. The van der Waals surface area contributed by atoms with E-state index >= 15 is 0 Å². The minimum absolute atomic E-state index is 0.150. The van der Waals surface area contributed by atoms with Crippen molar-refractivity contribution in [3.05, 3.63) is 12.2 Å². The van der Waals surface area contributed by atoms with Gasteiger partial charge in [-0.2, -0.15) is 0 Å². The third-order valence-electron chi connectivity index (χ3n) is 2.51. The summed E-state index contributed by atoms with van der Waals surface area (Å²) in [5.41, 5.74) is 0.453. The first-order chi connectivity index (χ1) is 6.81. The maximum Gasteiger partial charge on any atom is 0.152 e. The number of rotatable bonds is 6. The van der Waals surface area contributed by atoms with Crippen LogP contribution in [0.3, 0.4) is 0 Å². The molecule has 0 heterocycles. The van der Waals surface area contributed by atoms with Crippen LogP contribution in [0.15, 0.2) is 12.2 Å². The molecule has 0 N–H and O–H groups in total. The number of hydrogen-bond acceptors (Lipinski definition) is 1. The Balaban J connectivity index is 3.58. The van der Waals surface area contributed by atoms with E-state index in [0.29, 0.717) is 11.3 Å². The fraction of sp³-hybridized carbons (Fsp3) is 0.786. The van der Waals surface area contributed by atoms with Crippen LogP contribution in [0.2, 0.25) is 0 Å². The van der Waals surface area contributed by atoms with Crippen LogP contribution in [-0.4, -0.2) is 5.78 Å². The van der Waals surface area contributed by atoms with E-state index in [1.54, 1.807) is 13.0 Å². The molecule has 0 amide bonds. The first kappa shape index (κ1) is 14.4. The molecule has 15 heavy (non-hydrogen) atoms. The second kappa shape index (κ2) is 6.81. The number of allylic oxidation sites excluding steroid dienone is 2. The highest BCUT2D eigenvalue weighted by Gasteiger charge is 2.10. The Labute approximate surface area is 95.0 Å². The summed E-state index contributed by atoms with van der Waals surface area (Å²) < 4.78 is 0. The third kappa shape index (κ3) is 11.3. The molecule has 1 atom stereocenters. The molecule has 1 heteroatoms. The number of ketones is 1. The predicted molar refractivity (Wildman–Crippen MR) is 66.9 cm³/mol. The Kier molecular flexibility index (Phi) is 6.55.